The number of hydrogen-bond donors (Lipinski definition) is 0. The lowest BCUT2D eigenvalue weighted by molar-refractivity contribution is 0.628. The molecule has 1 rings (SSSR count). The van der Waals surface area contributed by atoms with Crippen molar-refractivity contribution in [2.75, 3.05) is 0 Å². The van der Waals surface area contributed by atoms with Gasteiger partial charge in [0.25, 0.3) is 0 Å². The van der Waals surface area contributed by atoms with Crippen LogP contribution in [-0.2, 0) is 0 Å². The second-order valence-electron chi connectivity index (χ2n) is 1.71. The number of hydrogen-bond acceptors (Lipinski definition) is 0. The average Bonchev–Trinajstić information content (AvgIpc) is 1.88. The molecule has 0 fully saturated rings. The maximum absolute atomic E-state index is 12.3. The highest BCUT2D eigenvalue weighted by Gasteiger charge is 2.01. The highest BCUT2D eigenvalue weighted by atomic mass is 35.9. The molecule has 0 unspecified atom stereocenters. The molecule has 0 aliphatic carbocycles. The molecule has 0 saturated heterocycles. The molecule has 0 radical (unpaired) electrons. The van der Waals surface area contributed by atoms with Crippen molar-refractivity contribution >= 4 is 34.4 Å². The van der Waals surface area contributed by atoms with Gasteiger partial charge in [0.2, 0.25) is 0 Å². The number of rotatable bonds is 1. The Labute approximate surface area is 69.3 Å². The first-order chi connectivity index (χ1) is 4.70. The van der Waals surface area contributed by atoms with Crippen LogP contribution in [0.1, 0.15) is 0 Å². The molecule has 4 heteroatoms. The van der Waals surface area contributed by atoms with Crippen molar-refractivity contribution in [1.29, 1.82) is 0 Å². The van der Waals surface area contributed by atoms with E-state index in [2.05, 4.69) is 0 Å². The second-order valence-corrected chi connectivity index (χ2v) is 5.24. The van der Waals surface area contributed by atoms with E-state index in [0.29, 0.717) is 0 Å². The quantitative estimate of drug-likeness (QED) is 0.606. The standard InChI is InChI=1S/C6H4Cl2FP/c7-10(8)6-3-1-5(9)2-4-6/h1-4H. The molecule has 0 bridgehead atoms. The van der Waals surface area contributed by atoms with Gasteiger partial charge in [-0.2, -0.15) is 0 Å². The van der Waals surface area contributed by atoms with Crippen LogP contribution in [0.15, 0.2) is 24.3 Å². The fourth-order valence-corrected chi connectivity index (χ4v) is 1.60. The molecule has 10 heavy (non-hydrogen) atoms. The topological polar surface area (TPSA) is 0 Å². The molecule has 0 atom stereocenters. The maximum atomic E-state index is 12.3. The lowest BCUT2D eigenvalue weighted by Crippen LogP contribution is -1.92. The zero-order valence-electron chi connectivity index (χ0n) is 4.89. The monoisotopic (exact) mass is 196 g/mol. The van der Waals surface area contributed by atoms with Gasteiger partial charge in [-0.25, -0.2) is 4.39 Å². The summed E-state index contributed by atoms with van der Waals surface area (Å²) >= 11 is 11.1. The molecule has 0 spiro atoms. The fourth-order valence-electron chi connectivity index (χ4n) is 0.554. The van der Waals surface area contributed by atoms with Crippen LogP contribution < -0.4 is 5.30 Å². The first-order valence-corrected chi connectivity index (χ1v) is 5.72. The molecule has 0 nitrogen and oxygen atoms in total. The van der Waals surface area contributed by atoms with E-state index in [1.54, 1.807) is 12.1 Å². The Morgan fingerprint density at radius 1 is 1.10 bits per heavy atom. The Morgan fingerprint density at radius 3 is 2.00 bits per heavy atom. The zero-order valence-corrected chi connectivity index (χ0v) is 7.30. The van der Waals surface area contributed by atoms with E-state index in [4.69, 9.17) is 22.5 Å². The average molecular weight is 197 g/mol. The summed E-state index contributed by atoms with van der Waals surface area (Å²) in [4.78, 5) is 0. The van der Waals surface area contributed by atoms with Crippen molar-refractivity contribution in [1.82, 2.24) is 0 Å². The summed E-state index contributed by atoms with van der Waals surface area (Å²) in [5.41, 5.74) is 0. The first kappa shape index (κ1) is 8.26. The third-order valence-electron chi connectivity index (χ3n) is 1.02. The van der Waals surface area contributed by atoms with Gasteiger partial charge in [-0.1, -0.05) is 22.5 Å². The van der Waals surface area contributed by atoms with E-state index in [1.807, 2.05) is 0 Å². The molecule has 0 aliphatic heterocycles. The molecule has 1 aromatic carbocycles. The molecule has 0 saturated carbocycles. The molecule has 54 valence electrons. The smallest absolute Gasteiger partial charge is 0.123 e. The summed E-state index contributed by atoms with van der Waals surface area (Å²) in [6, 6.07) is 5.85. The van der Waals surface area contributed by atoms with E-state index >= 15 is 0 Å². The van der Waals surface area contributed by atoms with E-state index in [9.17, 15) is 4.39 Å². The van der Waals surface area contributed by atoms with Gasteiger partial charge in [0.05, 0.1) is 0 Å². The molecule has 0 heterocycles. The minimum Gasteiger partial charge on any atom is -0.207 e. The zero-order chi connectivity index (χ0) is 7.56. The Kier molecular flexibility index (Phi) is 2.91. The molecule has 0 N–H and O–H groups in total. The SMILES string of the molecule is Fc1ccc(P(Cl)Cl)cc1. The molecular formula is C6H4Cl2FP. The van der Waals surface area contributed by atoms with Crippen LogP contribution in [-0.4, -0.2) is 0 Å². The van der Waals surface area contributed by atoms with Crippen molar-refractivity contribution in [2.45, 2.75) is 0 Å². The Balaban J connectivity index is 2.89. The van der Waals surface area contributed by atoms with E-state index in [-0.39, 0.29) is 5.82 Å². The fraction of sp³-hybridized carbons (Fsp3) is 0. The van der Waals surface area contributed by atoms with Crippen molar-refractivity contribution in [2.24, 2.45) is 0 Å². The first-order valence-electron chi connectivity index (χ1n) is 2.57. The molecular weight excluding hydrogens is 193 g/mol. The van der Waals surface area contributed by atoms with Crippen LogP contribution in [0.25, 0.3) is 0 Å². The van der Waals surface area contributed by atoms with Gasteiger partial charge in [0, 0.05) is 5.30 Å². The lowest BCUT2D eigenvalue weighted by Gasteiger charge is -1.97. The van der Waals surface area contributed by atoms with E-state index in [0.717, 1.165) is 5.30 Å². The number of halogens is 3. The third kappa shape index (κ3) is 2.09. The normalized spacial score (nSPS) is 10.4. The summed E-state index contributed by atoms with van der Waals surface area (Å²) in [5.74, 6) is -0.270. The Bertz CT molecular complexity index is 209. The molecule has 0 amide bonds. The molecule has 1 aromatic rings. The van der Waals surface area contributed by atoms with Crippen LogP contribution in [0.4, 0.5) is 4.39 Å². The highest BCUT2D eigenvalue weighted by Crippen LogP contribution is 2.44. The van der Waals surface area contributed by atoms with Crippen molar-refractivity contribution in [3.05, 3.63) is 30.1 Å². The Morgan fingerprint density at radius 2 is 1.60 bits per heavy atom. The minimum atomic E-state index is -1.13. The summed E-state index contributed by atoms with van der Waals surface area (Å²) in [6.45, 7) is -1.13. The minimum absolute atomic E-state index is 0.270. The lowest BCUT2D eigenvalue weighted by atomic mass is 10.4. The van der Waals surface area contributed by atoms with Crippen molar-refractivity contribution in [3.8, 4) is 0 Å². The van der Waals surface area contributed by atoms with Crippen molar-refractivity contribution in [3.63, 3.8) is 0 Å². The van der Waals surface area contributed by atoms with Gasteiger partial charge in [0.1, 0.15) is 12.4 Å². The van der Waals surface area contributed by atoms with Crippen LogP contribution in [0.3, 0.4) is 0 Å². The van der Waals surface area contributed by atoms with Gasteiger partial charge >= 0.3 is 0 Å². The van der Waals surface area contributed by atoms with Crippen molar-refractivity contribution < 1.29 is 4.39 Å². The van der Waals surface area contributed by atoms with Crippen LogP contribution in [0.5, 0.6) is 0 Å². The van der Waals surface area contributed by atoms with Gasteiger partial charge in [-0.05, 0) is 24.3 Å². The second kappa shape index (κ2) is 3.52. The van der Waals surface area contributed by atoms with E-state index < -0.39 is 6.63 Å². The largest absolute Gasteiger partial charge is 0.207 e. The molecule has 0 aromatic heterocycles. The predicted octanol–water partition coefficient (Wildman–Crippen LogP) is 3.24. The van der Waals surface area contributed by atoms with Gasteiger partial charge in [-0.15, -0.1) is 0 Å². The third-order valence-corrected chi connectivity index (χ3v) is 2.88. The molecule has 0 aliphatic rings. The highest BCUT2D eigenvalue weighted by molar-refractivity contribution is 8.08. The van der Waals surface area contributed by atoms with Crippen LogP contribution in [0, 0.1) is 5.82 Å². The predicted molar refractivity (Wildman–Crippen MR) is 44.7 cm³/mol. The van der Waals surface area contributed by atoms with Crippen LogP contribution >= 0.6 is 29.1 Å². The van der Waals surface area contributed by atoms with E-state index in [1.165, 1.54) is 12.1 Å². The number of benzene rings is 1. The maximum Gasteiger partial charge on any atom is 0.123 e. The van der Waals surface area contributed by atoms with Gasteiger partial charge in [0.15, 0.2) is 0 Å². The van der Waals surface area contributed by atoms with Gasteiger partial charge < -0.3 is 0 Å². The summed E-state index contributed by atoms with van der Waals surface area (Å²) in [5, 5.41) is 0.778. The summed E-state index contributed by atoms with van der Waals surface area (Å²) in [6.07, 6.45) is 0. The van der Waals surface area contributed by atoms with Crippen LogP contribution in [0.2, 0.25) is 0 Å². The van der Waals surface area contributed by atoms with Gasteiger partial charge in [-0.3, -0.25) is 0 Å². The summed E-state index contributed by atoms with van der Waals surface area (Å²) in [7, 11) is 0. The summed E-state index contributed by atoms with van der Waals surface area (Å²) < 4.78 is 12.3. The Hall–Kier alpha value is 0.160.